The summed E-state index contributed by atoms with van der Waals surface area (Å²) in [6.07, 6.45) is 2.07. The Morgan fingerprint density at radius 2 is 1.63 bits per heavy atom. The first kappa shape index (κ1) is 16.0. The molecule has 0 saturated heterocycles. The van der Waals surface area contributed by atoms with E-state index in [1.54, 1.807) is 7.11 Å². The van der Waals surface area contributed by atoms with Crippen LogP contribution >= 0.6 is 0 Å². The molecule has 0 spiro atoms. The SMILES string of the molecule is COCCCCOc1ccc(CNC(C)(C)C)cc1. The molecule has 108 valence electrons. The maximum absolute atomic E-state index is 5.68. The van der Waals surface area contributed by atoms with Crippen molar-refractivity contribution in [2.75, 3.05) is 20.3 Å². The lowest BCUT2D eigenvalue weighted by atomic mass is 10.1. The van der Waals surface area contributed by atoms with Gasteiger partial charge in [-0.1, -0.05) is 12.1 Å². The van der Waals surface area contributed by atoms with Crippen molar-refractivity contribution >= 4 is 0 Å². The van der Waals surface area contributed by atoms with Gasteiger partial charge >= 0.3 is 0 Å². The van der Waals surface area contributed by atoms with E-state index in [0.29, 0.717) is 0 Å². The zero-order valence-corrected chi connectivity index (χ0v) is 12.7. The minimum atomic E-state index is 0.149. The van der Waals surface area contributed by atoms with Gasteiger partial charge < -0.3 is 14.8 Å². The zero-order chi connectivity index (χ0) is 14.1. The van der Waals surface area contributed by atoms with Crippen LogP contribution in [0.3, 0.4) is 0 Å². The molecule has 1 N–H and O–H groups in total. The summed E-state index contributed by atoms with van der Waals surface area (Å²) < 4.78 is 10.7. The summed E-state index contributed by atoms with van der Waals surface area (Å²) >= 11 is 0. The van der Waals surface area contributed by atoms with Gasteiger partial charge in [-0.3, -0.25) is 0 Å². The number of benzene rings is 1. The Morgan fingerprint density at radius 1 is 1.00 bits per heavy atom. The standard InChI is InChI=1S/C16H27NO2/c1-16(2,3)17-13-14-7-9-15(10-8-14)19-12-6-5-11-18-4/h7-10,17H,5-6,11-13H2,1-4H3. The first-order valence-electron chi connectivity index (χ1n) is 6.97. The maximum Gasteiger partial charge on any atom is 0.119 e. The molecule has 0 bridgehead atoms. The molecule has 0 aliphatic heterocycles. The van der Waals surface area contributed by atoms with Crippen LogP contribution < -0.4 is 10.1 Å². The van der Waals surface area contributed by atoms with Gasteiger partial charge in [0.05, 0.1) is 6.61 Å². The molecule has 0 aliphatic carbocycles. The molecule has 3 nitrogen and oxygen atoms in total. The molecule has 0 saturated carbocycles. The molecule has 1 aromatic carbocycles. The second-order valence-electron chi connectivity index (χ2n) is 5.80. The van der Waals surface area contributed by atoms with Crippen molar-refractivity contribution in [2.24, 2.45) is 0 Å². The van der Waals surface area contributed by atoms with E-state index in [0.717, 1.165) is 38.3 Å². The molecule has 0 heterocycles. The third-order valence-electron chi connectivity index (χ3n) is 2.76. The van der Waals surface area contributed by atoms with E-state index in [1.165, 1.54) is 5.56 Å². The molecule has 0 unspecified atom stereocenters. The topological polar surface area (TPSA) is 30.5 Å². The van der Waals surface area contributed by atoms with E-state index in [4.69, 9.17) is 9.47 Å². The van der Waals surface area contributed by atoms with Crippen molar-refractivity contribution in [3.63, 3.8) is 0 Å². The maximum atomic E-state index is 5.68. The van der Waals surface area contributed by atoms with E-state index < -0.39 is 0 Å². The number of unbranched alkanes of at least 4 members (excludes halogenated alkanes) is 1. The largest absolute Gasteiger partial charge is 0.494 e. The van der Waals surface area contributed by atoms with Crippen molar-refractivity contribution < 1.29 is 9.47 Å². The van der Waals surface area contributed by atoms with Crippen LogP contribution in [-0.4, -0.2) is 25.9 Å². The molecule has 0 aromatic heterocycles. The number of nitrogens with one attached hydrogen (secondary N) is 1. The molecular weight excluding hydrogens is 238 g/mol. The summed E-state index contributed by atoms with van der Waals surface area (Å²) in [5.41, 5.74) is 1.43. The van der Waals surface area contributed by atoms with Crippen LogP contribution in [0, 0.1) is 0 Å². The van der Waals surface area contributed by atoms with E-state index in [-0.39, 0.29) is 5.54 Å². The van der Waals surface area contributed by atoms with E-state index in [2.05, 4.69) is 38.2 Å². The van der Waals surface area contributed by atoms with Gasteiger partial charge in [-0.2, -0.15) is 0 Å². The van der Waals surface area contributed by atoms with Gasteiger partial charge in [-0.05, 0) is 51.3 Å². The Labute approximate surface area is 117 Å². The lowest BCUT2D eigenvalue weighted by Gasteiger charge is -2.20. The van der Waals surface area contributed by atoms with Gasteiger partial charge in [-0.25, -0.2) is 0 Å². The minimum absolute atomic E-state index is 0.149. The first-order chi connectivity index (χ1) is 9.01. The highest BCUT2D eigenvalue weighted by Gasteiger charge is 2.08. The van der Waals surface area contributed by atoms with Crippen LogP contribution in [0.25, 0.3) is 0 Å². The van der Waals surface area contributed by atoms with Gasteiger partial charge in [0.25, 0.3) is 0 Å². The van der Waals surface area contributed by atoms with Gasteiger partial charge in [0, 0.05) is 25.8 Å². The summed E-state index contributed by atoms with van der Waals surface area (Å²) in [6, 6.07) is 8.30. The highest BCUT2D eigenvalue weighted by atomic mass is 16.5. The summed E-state index contributed by atoms with van der Waals surface area (Å²) in [6.45, 7) is 8.96. The molecule has 19 heavy (non-hydrogen) atoms. The number of ether oxygens (including phenoxy) is 2. The summed E-state index contributed by atoms with van der Waals surface area (Å²) in [5, 5.41) is 3.47. The predicted octanol–water partition coefficient (Wildman–Crippen LogP) is 3.38. The van der Waals surface area contributed by atoms with E-state index in [1.807, 2.05) is 12.1 Å². The lowest BCUT2D eigenvalue weighted by molar-refractivity contribution is 0.184. The van der Waals surface area contributed by atoms with E-state index >= 15 is 0 Å². The molecule has 1 aromatic rings. The van der Waals surface area contributed by atoms with Crippen LogP contribution in [0.1, 0.15) is 39.2 Å². The van der Waals surface area contributed by atoms with Crippen LogP contribution in [0.5, 0.6) is 5.75 Å². The average molecular weight is 265 g/mol. The van der Waals surface area contributed by atoms with Crippen LogP contribution in [-0.2, 0) is 11.3 Å². The van der Waals surface area contributed by atoms with E-state index in [9.17, 15) is 0 Å². The second-order valence-corrected chi connectivity index (χ2v) is 5.80. The predicted molar refractivity (Wildman–Crippen MR) is 79.6 cm³/mol. The molecule has 0 aliphatic rings. The Balaban J connectivity index is 2.27. The highest BCUT2D eigenvalue weighted by molar-refractivity contribution is 5.27. The average Bonchev–Trinajstić information content (AvgIpc) is 2.37. The number of methoxy groups -OCH3 is 1. The molecule has 0 fully saturated rings. The van der Waals surface area contributed by atoms with Crippen molar-refractivity contribution in [1.82, 2.24) is 5.32 Å². The normalized spacial score (nSPS) is 11.6. The van der Waals surface area contributed by atoms with Gasteiger partial charge in [0.2, 0.25) is 0 Å². The fourth-order valence-electron chi connectivity index (χ4n) is 1.61. The second kappa shape index (κ2) is 8.18. The van der Waals surface area contributed by atoms with Gasteiger partial charge in [0.15, 0.2) is 0 Å². The molecule has 0 atom stereocenters. The van der Waals surface area contributed by atoms with Crippen molar-refractivity contribution in [3.05, 3.63) is 29.8 Å². The molecule has 1 rings (SSSR count). The highest BCUT2D eigenvalue weighted by Crippen LogP contribution is 2.13. The first-order valence-corrected chi connectivity index (χ1v) is 6.97. The Kier molecular flexibility index (Phi) is 6.89. The number of hydrogen-bond donors (Lipinski definition) is 1. The van der Waals surface area contributed by atoms with Gasteiger partial charge in [-0.15, -0.1) is 0 Å². The quantitative estimate of drug-likeness (QED) is 0.731. The van der Waals surface area contributed by atoms with Crippen molar-refractivity contribution in [1.29, 1.82) is 0 Å². The number of hydrogen-bond acceptors (Lipinski definition) is 3. The summed E-state index contributed by atoms with van der Waals surface area (Å²) in [5.74, 6) is 0.942. The third kappa shape index (κ3) is 7.85. The zero-order valence-electron chi connectivity index (χ0n) is 12.7. The summed E-state index contributed by atoms with van der Waals surface area (Å²) in [4.78, 5) is 0. The van der Waals surface area contributed by atoms with Crippen LogP contribution in [0.15, 0.2) is 24.3 Å². The Morgan fingerprint density at radius 3 is 2.21 bits per heavy atom. The van der Waals surface area contributed by atoms with Gasteiger partial charge in [0.1, 0.15) is 5.75 Å². The summed E-state index contributed by atoms with van der Waals surface area (Å²) in [7, 11) is 1.73. The monoisotopic (exact) mass is 265 g/mol. The smallest absolute Gasteiger partial charge is 0.119 e. The van der Waals surface area contributed by atoms with Crippen LogP contribution in [0.4, 0.5) is 0 Å². The minimum Gasteiger partial charge on any atom is -0.494 e. The fourth-order valence-corrected chi connectivity index (χ4v) is 1.61. The van der Waals surface area contributed by atoms with Crippen molar-refractivity contribution in [3.8, 4) is 5.75 Å². The fraction of sp³-hybridized carbons (Fsp3) is 0.625. The molecular formula is C16H27NO2. The molecule has 3 heteroatoms. The Hall–Kier alpha value is -1.06. The number of rotatable bonds is 8. The molecule has 0 radical (unpaired) electrons. The third-order valence-corrected chi connectivity index (χ3v) is 2.76. The molecule has 0 amide bonds. The van der Waals surface area contributed by atoms with Crippen LogP contribution in [0.2, 0.25) is 0 Å². The Bertz CT molecular complexity index is 341. The lowest BCUT2D eigenvalue weighted by Crippen LogP contribution is -2.35. The van der Waals surface area contributed by atoms with Crippen molar-refractivity contribution in [2.45, 2.75) is 45.7 Å².